The van der Waals surface area contributed by atoms with Gasteiger partial charge in [0.1, 0.15) is 12.6 Å². The number of amides is 2. The Morgan fingerprint density at radius 3 is 2.12 bits per heavy atom. The van der Waals surface area contributed by atoms with Crippen molar-refractivity contribution in [2.75, 3.05) is 17.9 Å². The topological polar surface area (TPSA) is 86.8 Å². The van der Waals surface area contributed by atoms with Gasteiger partial charge in [0.15, 0.2) is 0 Å². The Morgan fingerprint density at radius 1 is 0.810 bits per heavy atom. The van der Waals surface area contributed by atoms with Crippen molar-refractivity contribution in [2.24, 2.45) is 0 Å². The Morgan fingerprint density at radius 2 is 1.48 bits per heavy atom. The number of rotatable bonds is 11. The Hall–Kier alpha value is -4.14. The summed E-state index contributed by atoms with van der Waals surface area (Å²) in [5.74, 6) is -0.882. The number of nitrogens with zero attached hydrogens (tertiary/aromatic N) is 2. The Bertz CT molecular complexity index is 1640. The number of hydrogen-bond donors (Lipinski definition) is 1. The predicted molar refractivity (Wildman–Crippen MR) is 167 cm³/mol. The maximum atomic E-state index is 14.3. The van der Waals surface area contributed by atoms with Gasteiger partial charge in [0.25, 0.3) is 10.0 Å². The lowest BCUT2D eigenvalue weighted by Crippen LogP contribution is -2.53. The molecule has 1 N–H and O–H groups in total. The largest absolute Gasteiger partial charge is 0.357 e. The van der Waals surface area contributed by atoms with E-state index in [0.717, 1.165) is 26.6 Å². The molecule has 0 fully saturated rings. The Balaban J connectivity index is 1.79. The molecule has 42 heavy (non-hydrogen) atoms. The zero-order valence-corrected chi connectivity index (χ0v) is 25.4. The van der Waals surface area contributed by atoms with Gasteiger partial charge < -0.3 is 10.2 Å². The van der Waals surface area contributed by atoms with E-state index in [1.165, 1.54) is 30.1 Å². The molecule has 0 aliphatic rings. The summed E-state index contributed by atoms with van der Waals surface area (Å²) in [5.41, 5.74) is 3.83. The van der Waals surface area contributed by atoms with Gasteiger partial charge in [0, 0.05) is 25.0 Å². The van der Waals surface area contributed by atoms with Crippen LogP contribution in [0.25, 0.3) is 0 Å². The SMILES string of the molecule is CNC(=O)[C@H](Cc1ccccc1)N(Cc1cccc(C)c1)C(=O)CN(c1cccc(Cl)c1)S(=O)(=O)c1ccc(C)cc1. The molecule has 0 radical (unpaired) electrons. The highest BCUT2D eigenvalue weighted by atomic mass is 35.5. The molecule has 0 heterocycles. The van der Waals surface area contributed by atoms with Gasteiger partial charge in [0.2, 0.25) is 11.8 Å². The van der Waals surface area contributed by atoms with Gasteiger partial charge in [-0.3, -0.25) is 13.9 Å². The van der Waals surface area contributed by atoms with E-state index in [9.17, 15) is 18.0 Å². The number of halogens is 1. The van der Waals surface area contributed by atoms with E-state index in [2.05, 4.69) is 5.32 Å². The smallest absolute Gasteiger partial charge is 0.264 e. The number of nitrogens with one attached hydrogen (secondary N) is 1. The lowest BCUT2D eigenvalue weighted by Gasteiger charge is -2.33. The minimum absolute atomic E-state index is 0.0400. The number of carbonyl (C=O) groups excluding carboxylic acids is 2. The molecule has 0 aliphatic heterocycles. The zero-order chi connectivity index (χ0) is 30.3. The second-order valence-electron chi connectivity index (χ2n) is 10.1. The van der Waals surface area contributed by atoms with Crippen molar-refractivity contribution in [1.29, 1.82) is 0 Å². The average Bonchev–Trinajstić information content (AvgIpc) is 2.98. The highest BCUT2D eigenvalue weighted by molar-refractivity contribution is 7.92. The summed E-state index contributed by atoms with van der Waals surface area (Å²) >= 11 is 6.26. The molecular weight excluding hydrogens is 570 g/mol. The van der Waals surface area contributed by atoms with Gasteiger partial charge in [-0.2, -0.15) is 0 Å². The van der Waals surface area contributed by atoms with E-state index in [4.69, 9.17) is 11.6 Å². The van der Waals surface area contributed by atoms with Crippen molar-refractivity contribution in [3.05, 3.63) is 130 Å². The minimum atomic E-state index is -4.18. The first kappa shape index (κ1) is 30.8. The number of aryl methyl sites for hydroxylation is 2. The molecular formula is C33H34ClN3O4S. The second-order valence-corrected chi connectivity index (χ2v) is 12.4. The van der Waals surface area contributed by atoms with Crippen molar-refractivity contribution in [2.45, 2.75) is 37.8 Å². The van der Waals surface area contributed by atoms with E-state index >= 15 is 0 Å². The van der Waals surface area contributed by atoms with Crippen molar-refractivity contribution >= 4 is 39.1 Å². The third kappa shape index (κ3) is 7.57. The number of sulfonamides is 1. The number of benzene rings is 4. The minimum Gasteiger partial charge on any atom is -0.357 e. The molecule has 4 aromatic carbocycles. The van der Waals surface area contributed by atoms with Crippen LogP contribution >= 0.6 is 11.6 Å². The second kappa shape index (κ2) is 13.7. The number of hydrogen-bond acceptors (Lipinski definition) is 4. The molecule has 4 aromatic rings. The third-order valence-electron chi connectivity index (χ3n) is 6.94. The van der Waals surface area contributed by atoms with Crippen molar-refractivity contribution < 1.29 is 18.0 Å². The molecule has 2 amide bonds. The van der Waals surface area contributed by atoms with Crippen LogP contribution in [0.15, 0.2) is 108 Å². The van der Waals surface area contributed by atoms with Crippen LogP contribution in [0, 0.1) is 13.8 Å². The van der Waals surface area contributed by atoms with E-state index in [0.29, 0.717) is 5.02 Å². The Kier molecular flexibility index (Phi) is 10.0. The molecule has 0 bridgehead atoms. The van der Waals surface area contributed by atoms with Crippen LogP contribution in [-0.2, 0) is 32.6 Å². The fraction of sp³-hybridized carbons (Fsp3) is 0.212. The van der Waals surface area contributed by atoms with Gasteiger partial charge in [-0.1, -0.05) is 95.5 Å². The van der Waals surface area contributed by atoms with Gasteiger partial charge in [0.05, 0.1) is 10.6 Å². The van der Waals surface area contributed by atoms with Crippen LogP contribution in [0.3, 0.4) is 0 Å². The van der Waals surface area contributed by atoms with Crippen molar-refractivity contribution in [3.8, 4) is 0 Å². The first-order chi connectivity index (χ1) is 20.1. The number of anilines is 1. The van der Waals surface area contributed by atoms with E-state index < -0.39 is 28.5 Å². The van der Waals surface area contributed by atoms with Crippen LogP contribution < -0.4 is 9.62 Å². The van der Waals surface area contributed by atoms with Crippen molar-refractivity contribution in [3.63, 3.8) is 0 Å². The summed E-state index contributed by atoms with van der Waals surface area (Å²) in [6.45, 7) is 3.39. The molecule has 218 valence electrons. The molecule has 0 saturated heterocycles. The summed E-state index contributed by atoms with van der Waals surface area (Å²) < 4.78 is 29.1. The van der Waals surface area contributed by atoms with Gasteiger partial charge >= 0.3 is 0 Å². The van der Waals surface area contributed by atoms with Crippen LogP contribution in [0.1, 0.15) is 22.3 Å². The highest BCUT2D eigenvalue weighted by Gasteiger charge is 2.34. The summed E-state index contributed by atoms with van der Waals surface area (Å²) in [6, 6.07) is 29.0. The first-order valence-corrected chi connectivity index (χ1v) is 15.4. The Labute approximate surface area is 252 Å². The van der Waals surface area contributed by atoms with Crippen LogP contribution in [0.4, 0.5) is 5.69 Å². The molecule has 0 aromatic heterocycles. The maximum absolute atomic E-state index is 14.3. The third-order valence-corrected chi connectivity index (χ3v) is 8.96. The maximum Gasteiger partial charge on any atom is 0.264 e. The van der Waals surface area contributed by atoms with Gasteiger partial charge in [-0.25, -0.2) is 8.42 Å². The zero-order valence-electron chi connectivity index (χ0n) is 23.8. The average molecular weight is 604 g/mol. The van der Waals surface area contributed by atoms with E-state index in [-0.39, 0.29) is 29.5 Å². The number of carbonyl (C=O) groups is 2. The molecule has 0 saturated carbocycles. The molecule has 0 unspecified atom stereocenters. The van der Waals surface area contributed by atoms with Gasteiger partial charge in [-0.05, 0) is 55.3 Å². The van der Waals surface area contributed by atoms with Crippen LogP contribution in [-0.4, -0.2) is 44.8 Å². The van der Waals surface area contributed by atoms with E-state index in [1.807, 2.05) is 68.4 Å². The number of likely N-dealkylation sites (N-methyl/N-ethyl adjacent to an activating group) is 1. The van der Waals surface area contributed by atoms with Gasteiger partial charge in [-0.15, -0.1) is 0 Å². The summed E-state index contributed by atoms with van der Waals surface area (Å²) in [5, 5.41) is 3.02. The monoisotopic (exact) mass is 603 g/mol. The lowest BCUT2D eigenvalue weighted by atomic mass is 10.0. The van der Waals surface area contributed by atoms with Crippen LogP contribution in [0.5, 0.6) is 0 Å². The molecule has 4 rings (SSSR count). The molecule has 9 heteroatoms. The first-order valence-electron chi connectivity index (χ1n) is 13.5. The molecule has 0 aliphatic carbocycles. The van der Waals surface area contributed by atoms with E-state index in [1.54, 1.807) is 30.3 Å². The lowest BCUT2D eigenvalue weighted by molar-refractivity contribution is -0.139. The van der Waals surface area contributed by atoms with Crippen LogP contribution in [0.2, 0.25) is 5.02 Å². The molecule has 7 nitrogen and oxygen atoms in total. The highest BCUT2D eigenvalue weighted by Crippen LogP contribution is 2.27. The predicted octanol–water partition coefficient (Wildman–Crippen LogP) is 5.54. The fourth-order valence-electron chi connectivity index (χ4n) is 4.73. The normalized spacial score (nSPS) is 11.9. The fourth-order valence-corrected chi connectivity index (χ4v) is 6.32. The standard InChI is InChI=1S/C33H34ClN3O4S/c1-24-15-17-30(18-16-24)42(40,41)37(29-14-8-13-28(34)21-29)23-32(38)36(22-27-12-7-9-25(2)19-27)31(33(39)35-3)20-26-10-5-4-6-11-26/h4-19,21,31H,20,22-23H2,1-3H3,(H,35,39)/t31-/m0/s1. The summed E-state index contributed by atoms with van der Waals surface area (Å²) in [6.07, 6.45) is 0.250. The summed E-state index contributed by atoms with van der Waals surface area (Å²) in [7, 11) is -2.66. The quantitative estimate of drug-likeness (QED) is 0.244. The molecule has 0 spiro atoms. The molecule has 1 atom stereocenters. The van der Waals surface area contributed by atoms with Crippen molar-refractivity contribution in [1.82, 2.24) is 10.2 Å². The summed E-state index contributed by atoms with van der Waals surface area (Å²) in [4.78, 5) is 29.1.